The summed E-state index contributed by atoms with van der Waals surface area (Å²) < 4.78 is 5.26. The fourth-order valence-corrected chi connectivity index (χ4v) is 1.86. The van der Waals surface area contributed by atoms with Gasteiger partial charge in [-0.05, 0) is 36.4 Å². The Labute approximate surface area is 142 Å². The molecule has 0 aliphatic heterocycles. The molecule has 8 heteroatoms. The van der Waals surface area contributed by atoms with Crippen LogP contribution < -0.4 is 15.4 Å². The fraction of sp³-hybridized carbons (Fsp3) is 0.133. The minimum Gasteiger partial charge on any atom is -0.484 e. The zero-order chi connectivity index (χ0) is 16.7. The second kappa shape index (κ2) is 8.36. The predicted molar refractivity (Wildman–Crippen MR) is 87.8 cm³/mol. The van der Waals surface area contributed by atoms with Gasteiger partial charge < -0.3 is 15.4 Å². The first-order chi connectivity index (χ1) is 11.0. The van der Waals surface area contributed by atoms with E-state index in [1.54, 1.807) is 30.3 Å². The molecule has 0 aliphatic carbocycles. The molecule has 2 amide bonds. The Balaban J connectivity index is 1.71. The van der Waals surface area contributed by atoms with E-state index >= 15 is 0 Å². The van der Waals surface area contributed by atoms with E-state index in [2.05, 4.69) is 15.6 Å². The molecule has 0 radical (unpaired) electrons. The van der Waals surface area contributed by atoms with Gasteiger partial charge in [0.1, 0.15) is 11.6 Å². The van der Waals surface area contributed by atoms with Crippen LogP contribution >= 0.6 is 23.2 Å². The molecule has 0 aliphatic rings. The van der Waals surface area contributed by atoms with Crippen LogP contribution in [-0.2, 0) is 9.59 Å². The van der Waals surface area contributed by atoms with Crippen molar-refractivity contribution >= 4 is 40.8 Å². The number of carbonyl (C=O) groups excluding carboxylic acids is 2. The Morgan fingerprint density at radius 3 is 2.48 bits per heavy atom. The van der Waals surface area contributed by atoms with Gasteiger partial charge in [0, 0.05) is 16.2 Å². The van der Waals surface area contributed by atoms with E-state index in [1.807, 2.05) is 0 Å². The summed E-state index contributed by atoms with van der Waals surface area (Å²) in [7, 11) is 0. The summed E-state index contributed by atoms with van der Waals surface area (Å²) in [6.45, 7) is -0.401. The lowest BCUT2D eigenvalue weighted by Crippen LogP contribution is -2.35. The van der Waals surface area contributed by atoms with E-state index in [-0.39, 0.29) is 13.2 Å². The molecular formula is C15H13Cl2N3O3. The molecule has 1 heterocycles. The minimum atomic E-state index is -0.422. The first-order valence-electron chi connectivity index (χ1n) is 6.59. The van der Waals surface area contributed by atoms with Gasteiger partial charge in [0.2, 0.25) is 5.91 Å². The number of halogens is 2. The van der Waals surface area contributed by atoms with Gasteiger partial charge in [-0.2, -0.15) is 0 Å². The summed E-state index contributed by atoms with van der Waals surface area (Å²) in [6.07, 6.45) is 1.47. The van der Waals surface area contributed by atoms with Crippen LogP contribution in [0.4, 0.5) is 5.82 Å². The Hall–Kier alpha value is -2.31. The van der Waals surface area contributed by atoms with Crippen LogP contribution in [0.5, 0.6) is 5.75 Å². The molecular weight excluding hydrogens is 341 g/mol. The number of ether oxygens (including phenoxy) is 1. The summed E-state index contributed by atoms with van der Waals surface area (Å²) in [5.41, 5.74) is 0. The van der Waals surface area contributed by atoms with E-state index in [0.29, 0.717) is 21.6 Å². The molecule has 23 heavy (non-hydrogen) atoms. The van der Waals surface area contributed by atoms with Crippen molar-refractivity contribution in [3.05, 3.63) is 52.6 Å². The van der Waals surface area contributed by atoms with Crippen LogP contribution in [0.25, 0.3) is 0 Å². The zero-order valence-corrected chi connectivity index (χ0v) is 13.4. The number of hydrogen-bond acceptors (Lipinski definition) is 4. The Morgan fingerprint density at radius 1 is 1.04 bits per heavy atom. The van der Waals surface area contributed by atoms with Gasteiger partial charge in [-0.15, -0.1) is 0 Å². The Bertz CT molecular complexity index is 693. The fourth-order valence-electron chi connectivity index (χ4n) is 1.57. The molecule has 2 aromatic rings. The highest BCUT2D eigenvalue weighted by molar-refractivity contribution is 6.31. The second-order valence-corrected chi connectivity index (χ2v) is 5.30. The molecule has 1 aromatic heterocycles. The summed E-state index contributed by atoms with van der Waals surface area (Å²) in [5.74, 6) is -0.0138. The van der Waals surface area contributed by atoms with Crippen LogP contribution in [0.3, 0.4) is 0 Å². The third kappa shape index (κ3) is 6.14. The molecule has 0 spiro atoms. The molecule has 0 unspecified atom stereocenters. The van der Waals surface area contributed by atoms with Gasteiger partial charge in [0.05, 0.1) is 6.54 Å². The normalized spacial score (nSPS) is 10.0. The summed E-state index contributed by atoms with van der Waals surface area (Å²) in [5, 5.41) is 5.98. The maximum atomic E-state index is 11.7. The molecule has 0 saturated carbocycles. The topological polar surface area (TPSA) is 80.3 Å². The average Bonchev–Trinajstić information content (AvgIpc) is 2.52. The molecule has 6 nitrogen and oxygen atoms in total. The van der Waals surface area contributed by atoms with Gasteiger partial charge in [-0.25, -0.2) is 4.98 Å². The van der Waals surface area contributed by atoms with E-state index in [1.165, 1.54) is 12.3 Å². The van der Waals surface area contributed by atoms with Crippen molar-refractivity contribution in [1.82, 2.24) is 10.3 Å². The van der Waals surface area contributed by atoms with Gasteiger partial charge in [0.15, 0.2) is 6.61 Å². The molecule has 0 fully saturated rings. The maximum absolute atomic E-state index is 11.7. The number of nitrogens with one attached hydrogen (secondary N) is 2. The van der Waals surface area contributed by atoms with Crippen molar-refractivity contribution in [3.8, 4) is 5.75 Å². The number of carbonyl (C=O) groups is 2. The number of rotatable bonds is 6. The van der Waals surface area contributed by atoms with Crippen LogP contribution in [0.1, 0.15) is 0 Å². The summed E-state index contributed by atoms with van der Waals surface area (Å²) in [4.78, 5) is 27.2. The quantitative estimate of drug-likeness (QED) is 0.835. The van der Waals surface area contributed by atoms with Gasteiger partial charge in [-0.3, -0.25) is 9.59 Å². The van der Waals surface area contributed by atoms with E-state index in [9.17, 15) is 9.59 Å². The molecule has 2 N–H and O–H groups in total. The molecule has 0 bridgehead atoms. The van der Waals surface area contributed by atoms with Gasteiger partial charge in [0.25, 0.3) is 5.91 Å². The lowest BCUT2D eigenvalue weighted by molar-refractivity contribution is -0.125. The summed E-state index contributed by atoms with van der Waals surface area (Å²) >= 11 is 11.5. The number of benzene rings is 1. The third-order valence-electron chi connectivity index (χ3n) is 2.62. The van der Waals surface area contributed by atoms with Crippen LogP contribution in [0.2, 0.25) is 10.0 Å². The van der Waals surface area contributed by atoms with Crippen LogP contribution in [0.15, 0.2) is 42.6 Å². The van der Waals surface area contributed by atoms with Crippen molar-refractivity contribution in [2.45, 2.75) is 0 Å². The van der Waals surface area contributed by atoms with Crippen LogP contribution in [-0.4, -0.2) is 29.9 Å². The van der Waals surface area contributed by atoms with Crippen LogP contribution in [0, 0.1) is 0 Å². The van der Waals surface area contributed by atoms with Crippen molar-refractivity contribution in [2.75, 3.05) is 18.5 Å². The molecule has 120 valence electrons. The highest BCUT2D eigenvalue weighted by Gasteiger charge is 2.07. The number of amides is 2. The lowest BCUT2D eigenvalue weighted by atomic mass is 10.3. The predicted octanol–water partition coefficient (Wildman–Crippen LogP) is 2.52. The minimum absolute atomic E-state index is 0.197. The standard InChI is InChI=1S/C15H13Cl2N3O3/c16-10-1-3-12(4-2-10)23-9-15(22)19-8-14(21)20-13-7-11(17)5-6-18-13/h1-7H,8-9H2,(H,19,22)(H,18,20,21). The van der Waals surface area contributed by atoms with Crippen molar-refractivity contribution in [1.29, 1.82) is 0 Å². The number of pyridine rings is 1. The van der Waals surface area contributed by atoms with Gasteiger partial charge in [-0.1, -0.05) is 23.2 Å². The van der Waals surface area contributed by atoms with Crippen molar-refractivity contribution in [3.63, 3.8) is 0 Å². The van der Waals surface area contributed by atoms with E-state index in [0.717, 1.165) is 0 Å². The summed E-state index contributed by atoms with van der Waals surface area (Å²) in [6, 6.07) is 9.69. The maximum Gasteiger partial charge on any atom is 0.258 e. The molecule has 1 aromatic carbocycles. The van der Waals surface area contributed by atoms with E-state index in [4.69, 9.17) is 27.9 Å². The average molecular weight is 354 g/mol. The highest BCUT2D eigenvalue weighted by atomic mass is 35.5. The largest absolute Gasteiger partial charge is 0.484 e. The molecule has 0 saturated heterocycles. The first-order valence-corrected chi connectivity index (χ1v) is 7.35. The monoisotopic (exact) mass is 353 g/mol. The van der Waals surface area contributed by atoms with Crippen molar-refractivity contribution < 1.29 is 14.3 Å². The first kappa shape index (κ1) is 17.1. The highest BCUT2D eigenvalue weighted by Crippen LogP contribution is 2.15. The Kier molecular flexibility index (Phi) is 6.19. The molecule has 0 atom stereocenters. The smallest absolute Gasteiger partial charge is 0.258 e. The SMILES string of the molecule is O=C(COc1ccc(Cl)cc1)NCC(=O)Nc1cc(Cl)ccn1. The Morgan fingerprint density at radius 2 is 1.78 bits per heavy atom. The number of hydrogen-bond donors (Lipinski definition) is 2. The number of anilines is 1. The zero-order valence-electron chi connectivity index (χ0n) is 11.9. The van der Waals surface area contributed by atoms with Gasteiger partial charge >= 0.3 is 0 Å². The lowest BCUT2D eigenvalue weighted by Gasteiger charge is -2.08. The number of nitrogens with zero attached hydrogens (tertiary/aromatic N) is 1. The number of aromatic nitrogens is 1. The molecule has 2 rings (SSSR count). The van der Waals surface area contributed by atoms with E-state index < -0.39 is 11.8 Å². The van der Waals surface area contributed by atoms with Crippen molar-refractivity contribution in [2.24, 2.45) is 0 Å². The second-order valence-electron chi connectivity index (χ2n) is 4.43. The third-order valence-corrected chi connectivity index (χ3v) is 3.11.